The van der Waals surface area contributed by atoms with E-state index in [1.807, 2.05) is 23.1 Å². The first-order valence-electron chi connectivity index (χ1n) is 6.70. The SMILES string of the molecule is COc1ncccc1C(=O)N1CCCc2ccccc21. The summed E-state index contributed by atoms with van der Waals surface area (Å²) in [7, 11) is 1.53. The minimum atomic E-state index is -0.0536. The van der Waals surface area contributed by atoms with Gasteiger partial charge < -0.3 is 9.64 Å². The fourth-order valence-corrected chi connectivity index (χ4v) is 2.61. The molecule has 1 aliphatic rings. The van der Waals surface area contributed by atoms with Crippen LogP contribution >= 0.6 is 0 Å². The zero-order valence-corrected chi connectivity index (χ0v) is 11.4. The molecule has 0 saturated heterocycles. The molecule has 4 nitrogen and oxygen atoms in total. The van der Waals surface area contributed by atoms with Crippen LogP contribution in [0.2, 0.25) is 0 Å². The quantitative estimate of drug-likeness (QED) is 0.841. The summed E-state index contributed by atoms with van der Waals surface area (Å²) in [5.41, 5.74) is 2.72. The number of nitrogens with zero attached hydrogens (tertiary/aromatic N) is 2. The molecule has 0 radical (unpaired) electrons. The number of aryl methyl sites for hydroxylation is 1. The first-order valence-corrected chi connectivity index (χ1v) is 6.70. The number of pyridine rings is 1. The third kappa shape index (κ3) is 2.13. The molecule has 0 fully saturated rings. The number of amides is 1. The van der Waals surface area contributed by atoms with Crippen LogP contribution in [0.4, 0.5) is 5.69 Å². The summed E-state index contributed by atoms with van der Waals surface area (Å²) < 4.78 is 5.19. The Morgan fingerprint density at radius 2 is 2.10 bits per heavy atom. The van der Waals surface area contributed by atoms with Crippen LogP contribution in [-0.2, 0) is 6.42 Å². The van der Waals surface area contributed by atoms with E-state index < -0.39 is 0 Å². The normalized spacial score (nSPS) is 13.8. The van der Waals surface area contributed by atoms with E-state index in [4.69, 9.17) is 4.74 Å². The van der Waals surface area contributed by atoms with E-state index in [9.17, 15) is 4.79 Å². The fraction of sp³-hybridized carbons (Fsp3) is 0.250. The van der Waals surface area contributed by atoms with E-state index in [1.165, 1.54) is 12.7 Å². The smallest absolute Gasteiger partial charge is 0.263 e. The molecule has 0 atom stereocenters. The van der Waals surface area contributed by atoms with Gasteiger partial charge in [0.25, 0.3) is 5.91 Å². The molecule has 2 heterocycles. The summed E-state index contributed by atoms with van der Waals surface area (Å²) in [6, 6.07) is 11.6. The van der Waals surface area contributed by atoms with Crippen molar-refractivity contribution in [1.29, 1.82) is 0 Å². The number of anilines is 1. The summed E-state index contributed by atoms with van der Waals surface area (Å²) in [5.74, 6) is 0.322. The van der Waals surface area contributed by atoms with Crippen LogP contribution in [0.15, 0.2) is 42.6 Å². The van der Waals surface area contributed by atoms with E-state index in [2.05, 4.69) is 11.1 Å². The Morgan fingerprint density at radius 3 is 2.95 bits per heavy atom. The molecule has 0 bridgehead atoms. The van der Waals surface area contributed by atoms with Crippen LogP contribution in [0.25, 0.3) is 0 Å². The lowest BCUT2D eigenvalue weighted by molar-refractivity contribution is 0.0981. The largest absolute Gasteiger partial charge is 0.480 e. The molecule has 2 aromatic rings. The Hall–Kier alpha value is -2.36. The monoisotopic (exact) mass is 268 g/mol. The number of benzene rings is 1. The maximum atomic E-state index is 12.7. The second kappa shape index (κ2) is 5.33. The van der Waals surface area contributed by atoms with Gasteiger partial charge >= 0.3 is 0 Å². The summed E-state index contributed by atoms with van der Waals surface area (Å²) in [5, 5.41) is 0. The number of carbonyl (C=O) groups excluding carboxylic acids is 1. The Bertz CT molecular complexity index is 640. The maximum absolute atomic E-state index is 12.7. The highest BCUT2D eigenvalue weighted by atomic mass is 16.5. The van der Waals surface area contributed by atoms with Crippen LogP contribution < -0.4 is 9.64 Å². The lowest BCUT2D eigenvalue weighted by Gasteiger charge is -2.29. The van der Waals surface area contributed by atoms with Crippen LogP contribution in [0.5, 0.6) is 5.88 Å². The van der Waals surface area contributed by atoms with E-state index in [0.29, 0.717) is 11.4 Å². The summed E-state index contributed by atoms with van der Waals surface area (Å²) in [6.07, 6.45) is 3.62. The van der Waals surface area contributed by atoms with E-state index >= 15 is 0 Å². The van der Waals surface area contributed by atoms with Gasteiger partial charge in [-0.15, -0.1) is 0 Å². The second-order valence-electron chi connectivity index (χ2n) is 4.75. The molecule has 1 amide bonds. The van der Waals surface area contributed by atoms with E-state index in [-0.39, 0.29) is 5.91 Å². The van der Waals surface area contributed by atoms with Crippen molar-refractivity contribution >= 4 is 11.6 Å². The number of hydrogen-bond donors (Lipinski definition) is 0. The van der Waals surface area contributed by atoms with Gasteiger partial charge in [-0.25, -0.2) is 4.98 Å². The topological polar surface area (TPSA) is 42.4 Å². The Morgan fingerprint density at radius 1 is 1.25 bits per heavy atom. The van der Waals surface area contributed by atoms with Crippen molar-refractivity contribution in [3.05, 3.63) is 53.7 Å². The molecule has 0 saturated carbocycles. The predicted octanol–water partition coefficient (Wildman–Crippen LogP) is 2.68. The molecule has 0 N–H and O–H groups in total. The molecule has 0 unspecified atom stereocenters. The zero-order chi connectivity index (χ0) is 13.9. The number of methoxy groups -OCH3 is 1. The van der Waals surface area contributed by atoms with E-state index in [1.54, 1.807) is 18.3 Å². The molecule has 3 rings (SSSR count). The molecule has 102 valence electrons. The van der Waals surface area contributed by atoms with Crippen LogP contribution in [0, 0.1) is 0 Å². The van der Waals surface area contributed by atoms with Gasteiger partial charge in [0.15, 0.2) is 0 Å². The summed E-state index contributed by atoms with van der Waals surface area (Å²) in [4.78, 5) is 18.7. The van der Waals surface area contributed by atoms with Crippen molar-refractivity contribution in [3.63, 3.8) is 0 Å². The molecular weight excluding hydrogens is 252 g/mol. The Balaban J connectivity index is 2.00. The number of fused-ring (bicyclic) bond motifs is 1. The molecule has 1 aliphatic heterocycles. The molecule has 20 heavy (non-hydrogen) atoms. The van der Waals surface area contributed by atoms with Gasteiger partial charge in [0.05, 0.1) is 7.11 Å². The second-order valence-corrected chi connectivity index (χ2v) is 4.75. The zero-order valence-electron chi connectivity index (χ0n) is 11.4. The Kier molecular flexibility index (Phi) is 3.37. The van der Waals surface area contributed by atoms with E-state index in [0.717, 1.165) is 25.1 Å². The lowest BCUT2D eigenvalue weighted by Crippen LogP contribution is -2.35. The average Bonchev–Trinajstić information content (AvgIpc) is 2.53. The van der Waals surface area contributed by atoms with Gasteiger partial charge in [-0.1, -0.05) is 18.2 Å². The van der Waals surface area contributed by atoms with Gasteiger partial charge in [-0.2, -0.15) is 0 Å². The lowest BCUT2D eigenvalue weighted by atomic mass is 10.0. The van der Waals surface area contributed by atoms with Crippen LogP contribution in [-0.4, -0.2) is 24.5 Å². The van der Waals surface area contributed by atoms with Crippen molar-refractivity contribution in [2.24, 2.45) is 0 Å². The number of para-hydroxylation sites is 1. The minimum Gasteiger partial charge on any atom is -0.480 e. The number of carbonyl (C=O) groups is 1. The third-order valence-electron chi connectivity index (χ3n) is 3.55. The fourth-order valence-electron chi connectivity index (χ4n) is 2.61. The average molecular weight is 268 g/mol. The van der Waals surface area contributed by atoms with Crippen LogP contribution in [0.3, 0.4) is 0 Å². The highest BCUT2D eigenvalue weighted by Gasteiger charge is 2.25. The Labute approximate surface area is 118 Å². The maximum Gasteiger partial charge on any atom is 0.263 e. The minimum absolute atomic E-state index is 0.0536. The van der Waals surface area contributed by atoms with Crippen molar-refractivity contribution in [2.75, 3.05) is 18.6 Å². The molecule has 1 aromatic carbocycles. The molecule has 1 aromatic heterocycles. The first-order chi connectivity index (χ1) is 9.81. The highest BCUT2D eigenvalue weighted by molar-refractivity contribution is 6.08. The molecular formula is C16H16N2O2. The summed E-state index contributed by atoms with van der Waals surface area (Å²) >= 11 is 0. The molecule has 0 spiro atoms. The number of aromatic nitrogens is 1. The third-order valence-corrected chi connectivity index (χ3v) is 3.55. The van der Waals surface area contributed by atoms with Gasteiger partial charge in [-0.3, -0.25) is 4.79 Å². The predicted molar refractivity (Wildman–Crippen MR) is 77.2 cm³/mol. The first kappa shape index (κ1) is 12.7. The molecule has 4 heteroatoms. The van der Waals surface area contributed by atoms with Crippen molar-refractivity contribution < 1.29 is 9.53 Å². The molecule has 0 aliphatic carbocycles. The number of ether oxygens (including phenoxy) is 1. The van der Waals surface area contributed by atoms with Crippen molar-refractivity contribution in [3.8, 4) is 5.88 Å². The van der Waals surface area contributed by atoms with Gasteiger partial charge in [0, 0.05) is 18.4 Å². The standard InChI is InChI=1S/C16H16N2O2/c1-20-15-13(8-4-10-17-15)16(19)18-11-5-7-12-6-2-3-9-14(12)18/h2-4,6,8-10H,5,7,11H2,1H3. The van der Waals surface area contributed by atoms with Crippen molar-refractivity contribution in [1.82, 2.24) is 4.98 Å². The van der Waals surface area contributed by atoms with Crippen LogP contribution in [0.1, 0.15) is 22.3 Å². The summed E-state index contributed by atoms with van der Waals surface area (Å²) in [6.45, 7) is 0.730. The van der Waals surface area contributed by atoms with Gasteiger partial charge in [-0.05, 0) is 36.6 Å². The number of rotatable bonds is 2. The van der Waals surface area contributed by atoms with Crippen molar-refractivity contribution in [2.45, 2.75) is 12.8 Å². The number of hydrogen-bond acceptors (Lipinski definition) is 3. The van der Waals surface area contributed by atoms with Gasteiger partial charge in [0.1, 0.15) is 5.56 Å². The van der Waals surface area contributed by atoms with Gasteiger partial charge in [0.2, 0.25) is 5.88 Å². The highest BCUT2D eigenvalue weighted by Crippen LogP contribution is 2.29.